The molecule has 1 aromatic carbocycles. The highest BCUT2D eigenvalue weighted by Crippen LogP contribution is 2.21. The van der Waals surface area contributed by atoms with Crippen molar-refractivity contribution >= 4 is 15.9 Å². The van der Waals surface area contributed by atoms with Gasteiger partial charge in [0.15, 0.2) is 0 Å². The van der Waals surface area contributed by atoms with Gasteiger partial charge in [-0.3, -0.25) is 0 Å². The first-order valence-corrected chi connectivity index (χ1v) is 5.78. The molecule has 0 spiro atoms. The zero-order valence-corrected chi connectivity index (χ0v) is 10.2. The molecule has 0 saturated heterocycles. The third-order valence-electron chi connectivity index (χ3n) is 2.50. The Kier molecular flexibility index (Phi) is 3.41. The smallest absolute Gasteiger partial charge is 0.137 e. The van der Waals surface area contributed by atoms with Crippen molar-refractivity contribution in [3.8, 4) is 0 Å². The van der Waals surface area contributed by atoms with Gasteiger partial charge in [0.05, 0.1) is 4.47 Å². The molecule has 2 rings (SSSR count). The third-order valence-corrected chi connectivity index (χ3v) is 3.39. The van der Waals surface area contributed by atoms with E-state index < -0.39 is 0 Å². The van der Waals surface area contributed by atoms with Crippen LogP contribution >= 0.6 is 15.9 Å². The van der Waals surface area contributed by atoms with Crippen LogP contribution in [-0.4, -0.2) is 4.57 Å². The lowest BCUT2D eigenvalue weighted by Crippen LogP contribution is -2.08. The molecule has 1 heterocycles. The standard InChI is InChI=1S/C12H12BrFN2/c13-12-9(3-1-5-11(12)14)8-16-6-2-4-10(16)7-15/h1-6H,7-8,15H2. The lowest BCUT2D eigenvalue weighted by Gasteiger charge is -2.09. The minimum absolute atomic E-state index is 0.237. The van der Waals surface area contributed by atoms with Crippen LogP contribution < -0.4 is 5.73 Å². The predicted octanol–water partition coefficient (Wildman–Crippen LogP) is 2.90. The Morgan fingerprint density at radius 3 is 2.81 bits per heavy atom. The summed E-state index contributed by atoms with van der Waals surface area (Å²) in [6.07, 6.45) is 1.94. The molecular formula is C12H12BrFN2. The molecule has 0 unspecified atom stereocenters. The minimum Gasteiger partial charge on any atom is -0.346 e. The molecule has 0 radical (unpaired) electrons. The van der Waals surface area contributed by atoms with Crippen LogP contribution in [0.2, 0.25) is 0 Å². The Balaban J connectivity index is 2.30. The summed E-state index contributed by atoms with van der Waals surface area (Å²) < 4.78 is 15.8. The van der Waals surface area contributed by atoms with Gasteiger partial charge in [-0.05, 0) is 39.7 Å². The first kappa shape index (κ1) is 11.4. The van der Waals surface area contributed by atoms with Gasteiger partial charge in [-0.25, -0.2) is 4.39 Å². The number of hydrogen-bond acceptors (Lipinski definition) is 1. The summed E-state index contributed by atoms with van der Waals surface area (Å²) in [7, 11) is 0. The quantitative estimate of drug-likeness (QED) is 0.922. The number of halogens is 2. The molecule has 4 heteroatoms. The van der Waals surface area contributed by atoms with Gasteiger partial charge in [-0.1, -0.05) is 12.1 Å². The second kappa shape index (κ2) is 4.80. The highest BCUT2D eigenvalue weighted by atomic mass is 79.9. The molecule has 0 bridgehead atoms. The maximum Gasteiger partial charge on any atom is 0.137 e. The number of rotatable bonds is 3. The third kappa shape index (κ3) is 2.18. The summed E-state index contributed by atoms with van der Waals surface area (Å²) in [6, 6.07) is 8.95. The van der Waals surface area contributed by atoms with E-state index in [1.807, 2.05) is 29.0 Å². The van der Waals surface area contributed by atoms with Gasteiger partial charge in [0.2, 0.25) is 0 Å². The maximum absolute atomic E-state index is 13.3. The molecule has 16 heavy (non-hydrogen) atoms. The fraction of sp³-hybridized carbons (Fsp3) is 0.167. The number of benzene rings is 1. The molecule has 0 amide bonds. The highest BCUT2D eigenvalue weighted by molar-refractivity contribution is 9.10. The van der Waals surface area contributed by atoms with Crippen LogP contribution in [0, 0.1) is 5.82 Å². The van der Waals surface area contributed by atoms with E-state index in [0.717, 1.165) is 11.3 Å². The number of aromatic nitrogens is 1. The highest BCUT2D eigenvalue weighted by Gasteiger charge is 2.06. The Morgan fingerprint density at radius 2 is 2.06 bits per heavy atom. The van der Waals surface area contributed by atoms with E-state index in [0.29, 0.717) is 17.6 Å². The van der Waals surface area contributed by atoms with Crippen LogP contribution in [0.15, 0.2) is 41.0 Å². The second-order valence-corrected chi connectivity index (χ2v) is 4.34. The summed E-state index contributed by atoms with van der Waals surface area (Å²) in [4.78, 5) is 0. The van der Waals surface area contributed by atoms with Gasteiger partial charge >= 0.3 is 0 Å². The zero-order chi connectivity index (χ0) is 11.5. The van der Waals surface area contributed by atoms with Gasteiger partial charge in [0.25, 0.3) is 0 Å². The summed E-state index contributed by atoms with van der Waals surface area (Å²) in [5, 5.41) is 0. The summed E-state index contributed by atoms with van der Waals surface area (Å²) in [5.41, 5.74) is 7.56. The van der Waals surface area contributed by atoms with Crippen molar-refractivity contribution in [2.75, 3.05) is 0 Å². The second-order valence-electron chi connectivity index (χ2n) is 3.54. The van der Waals surface area contributed by atoms with Gasteiger partial charge in [-0.15, -0.1) is 0 Å². The normalized spacial score (nSPS) is 10.7. The van der Waals surface area contributed by atoms with Crippen molar-refractivity contribution < 1.29 is 4.39 Å². The molecule has 0 fully saturated rings. The number of nitrogens with zero attached hydrogens (tertiary/aromatic N) is 1. The molecular weight excluding hydrogens is 271 g/mol. The molecule has 0 aliphatic heterocycles. The summed E-state index contributed by atoms with van der Waals surface area (Å²) in [5.74, 6) is -0.237. The van der Waals surface area contributed by atoms with Gasteiger partial charge in [0.1, 0.15) is 5.82 Å². The van der Waals surface area contributed by atoms with Gasteiger partial charge < -0.3 is 10.3 Å². The molecule has 2 aromatic rings. The fourth-order valence-electron chi connectivity index (χ4n) is 1.64. The van der Waals surface area contributed by atoms with E-state index in [2.05, 4.69) is 15.9 Å². The van der Waals surface area contributed by atoms with Crippen molar-refractivity contribution in [3.63, 3.8) is 0 Å². The van der Waals surface area contributed by atoms with Crippen LogP contribution in [0.25, 0.3) is 0 Å². The van der Waals surface area contributed by atoms with Crippen LogP contribution in [0.5, 0.6) is 0 Å². The van der Waals surface area contributed by atoms with Crippen molar-refractivity contribution in [1.82, 2.24) is 4.57 Å². The van der Waals surface area contributed by atoms with Crippen LogP contribution in [0.3, 0.4) is 0 Å². The first-order chi connectivity index (χ1) is 7.72. The average molecular weight is 283 g/mol. The van der Waals surface area contributed by atoms with Crippen molar-refractivity contribution in [2.45, 2.75) is 13.1 Å². The predicted molar refractivity (Wildman–Crippen MR) is 65.5 cm³/mol. The van der Waals surface area contributed by atoms with Crippen molar-refractivity contribution in [1.29, 1.82) is 0 Å². The lowest BCUT2D eigenvalue weighted by molar-refractivity contribution is 0.615. The minimum atomic E-state index is -0.237. The summed E-state index contributed by atoms with van der Waals surface area (Å²) in [6.45, 7) is 1.11. The lowest BCUT2D eigenvalue weighted by atomic mass is 10.2. The molecule has 2 N–H and O–H groups in total. The fourth-order valence-corrected chi connectivity index (χ4v) is 2.03. The molecule has 1 aromatic heterocycles. The largest absolute Gasteiger partial charge is 0.346 e. The Labute approximate surface area is 102 Å². The van der Waals surface area contributed by atoms with E-state index in [4.69, 9.17) is 5.73 Å². The Morgan fingerprint density at radius 1 is 1.25 bits per heavy atom. The van der Waals surface area contributed by atoms with Crippen LogP contribution in [0.4, 0.5) is 4.39 Å². The zero-order valence-electron chi connectivity index (χ0n) is 8.66. The maximum atomic E-state index is 13.3. The van der Waals surface area contributed by atoms with E-state index >= 15 is 0 Å². The molecule has 0 atom stereocenters. The van der Waals surface area contributed by atoms with E-state index in [9.17, 15) is 4.39 Å². The SMILES string of the molecule is NCc1cccn1Cc1cccc(F)c1Br. The van der Waals surface area contributed by atoms with E-state index in [1.54, 1.807) is 6.07 Å². The Bertz CT molecular complexity index is 494. The monoisotopic (exact) mass is 282 g/mol. The van der Waals surface area contributed by atoms with Crippen LogP contribution in [-0.2, 0) is 13.1 Å². The number of hydrogen-bond donors (Lipinski definition) is 1. The molecule has 84 valence electrons. The van der Waals surface area contributed by atoms with Crippen molar-refractivity contribution in [3.05, 3.63) is 58.1 Å². The molecule has 0 saturated carbocycles. The topological polar surface area (TPSA) is 30.9 Å². The van der Waals surface area contributed by atoms with Crippen LogP contribution in [0.1, 0.15) is 11.3 Å². The molecule has 2 nitrogen and oxygen atoms in total. The number of nitrogens with two attached hydrogens (primary N) is 1. The van der Waals surface area contributed by atoms with E-state index in [1.165, 1.54) is 6.07 Å². The first-order valence-electron chi connectivity index (χ1n) is 4.99. The van der Waals surface area contributed by atoms with Gasteiger partial charge in [-0.2, -0.15) is 0 Å². The van der Waals surface area contributed by atoms with Crippen molar-refractivity contribution in [2.24, 2.45) is 5.73 Å². The Hall–Kier alpha value is -1.13. The molecule has 0 aliphatic carbocycles. The average Bonchev–Trinajstić information content (AvgIpc) is 2.72. The van der Waals surface area contributed by atoms with Gasteiger partial charge in [0, 0.05) is 25.0 Å². The van der Waals surface area contributed by atoms with E-state index in [-0.39, 0.29) is 5.82 Å². The summed E-state index contributed by atoms with van der Waals surface area (Å²) >= 11 is 3.25. The molecule has 0 aliphatic rings.